The largest absolute Gasteiger partial charge is 0.390 e. The monoisotopic (exact) mass is 404 g/mol. The van der Waals surface area contributed by atoms with Crippen molar-refractivity contribution in [3.8, 4) is 0 Å². The van der Waals surface area contributed by atoms with Gasteiger partial charge in [0, 0.05) is 18.0 Å². The first-order chi connectivity index (χ1) is 13.4. The van der Waals surface area contributed by atoms with Gasteiger partial charge in [-0.1, -0.05) is 23.7 Å². The molecule has 4 rings (SSSR count). The maximum absolute atomic E-state index is 10.8. The molecule has 148 valence electrons. The SMILES string of the molecule is CN(N)c1ncnc2c1cnn2[C@@H]1C[C@H](C(O)c2ccc(Cl)cc2)[C@@H](O)[C@H]1O. The van der Waals surface area contributed by atoms with Crippen LogP contribution in [0.2, 0.25) is 5.02 Å². The Morgan fingerprint density at radius 1 is 1.21 bits per heavy atom. The highest BCUT2D eigenvalue weighted by Crippen LogP contribution is 2.43. The lowest BCUT2D eigenvalue weighted by Gasteiger charge is -2.22. The zero-order chi connectivity index (χ0) is 20.0. The van der Waals surface area contributed by atoms with E-state index in [-0.39, 0.29) is 0 Å². The molecule has 1 aliphatic carbocycles. The van der Waals surface area contributed by atoms with E-state index in [2.05, 4.69) is 15.1 Å². The Labute approximate surface area is 166 Å². The summed E-state index contributed by atoms with van der Waals surface area (Å²) in [6.45, 7) is 0. The number of hydrogen-bond acceptors (Lipinski definition) is 8. The molecule has 0 bridgehead atoms. The summed E-state index contributed by atoms with van der Waals surface area (Å²) in [6.07, 6.45) is 0.0972. The number of aromatic nitrogens is 4. The molecule has 10 heteroatoms. The summed E-state index contributed by atoms with van der Waals surface area (Å²) in [5.74, 6) is 5.73. The van der Waals surface area contributed by atoms with Crippen LogP contribution in [0.4, 0.5) is 5.82 Å². The summed E-state index contributed by atoms with van der Waals surface area (Å²) in [5.41, 5.74) is 1.13. The first-order valence-corrected chi connectivity index (χ1v) is 9.22. The highest BCUT2D eigenvalue weighted by molar-refractivity contribution is 6.30. The fourth-order valence-corrected chi connectivity index (χ4v) is 4.01. The third-order valence-electron chi connectivity index (χ3n) is 5.33. The Morgan fingerprint density at radius 2 is 1.93 bits per heavy atom. The maximum Gasteiger partial charge on any atom is 0.163 e. The van der Waals surface area contributed by atoms with Gasteiger partial charge >= 0.3 is 0 Å². The minimum Gasteiger partial charge on any atom is -0.390 e. The van der Waals surface area contributed by atoms with Gasteiger partial charge in [-0.25, -0.2) is 20.5 Å². The van der Waals surface area contributed by atoms with Gasteiger partial charge in [-0.2, -0.15) is 5.10 Å². The normalized spacial score (nSPS) is 25.9. The van der Waals surface area contributed by atoms with Crippen LogP contribution in [-0.4, -0.2) is 54.3 Å². The summed E-state index contributed by atoms with van der Waals surface area (Å²) >= 11 is 5.90. The Morgan fingerprint density at radius 3 is 2.61 bits per heavy atom. The van der Waals surface area contributed by atoms with Gasteiger partial charge in [0.1, 0.15) is 12.4 Å². The third kappa shape index (κ3) is 3.11. The Bertz CT molecular complexity index is 979. The zero-order valence-electron chi connectivity index (χ0n) is 15.1. The lowest BCUT2D eigenvalue weighted by Crippen LogP contribution is -2.31. The van der Waals surface area contributed by atoms with Gasteiger partial charge in [-0.05, 0) is 24.1 Å². The van der Waals surface area contributed by atoms with Crippen molar-refractivity contribution >= 4 is 28.5 Å². The molecule has 1 aliphatic rings. The smallest absolute Gasteiger partial charge is 0.163 e. The van der Waals surface area contributed by atoms with Crippen LogP contribution in [0.3, 0.4) is 0 Å². The number of benzene rings is 1. The van der Waals surface area contributed by atoms with Gasteiger partial charge in [0.15, 0.2) is 11.5 Å². The van der Waals surface area contributed by atoms with E-state index in [9.17, 15) is 15.3 Å². The molecule has 0 radical (unpaired) electrons. The summed E-state index contributed by atoms with van der Waals surface area (Å²) in [7, 11) is 1.66. The lowest BCUT2D eigenvalue weighted by atomic mass is 9.92. The van der Waals surface area contributed by atoms with Crippen molar-refractivity contribution in [2.75, 3.05) is 12.1 Å². The number of anilines is 1. The van der Waals surface area contributed by atoms with Gasteiger partial charge < -0.3 is 15.3 Å². The third-order valence-corrected chi connectivity index (χ3v) is 5.58. The van der Waals surface area contributed by atoms with Crippen LogP contribution in [0.1, 0.15) is 24.1 Å². The first kappa shape index (κ1) is 19.0. The van der Waals surface area contributed by atoms with Crippen LogP contribution in [0.15, 0.2) is 36.8 Å². The van der Waals surface area contributed by atoms with Crippen molar-refractivity contribution in [2.24, 2.45) is 11.8 Å². The molecule has 3 aromatic rings. The van der Waals surface area contributed by atoms with Gasteiger partial charge in [-0.15, -0.1) is 0 Å². The van der Waals surface area contributed by atoms with Crippen molar-refractivity contribution in [3.63, 3.8) is 0 Å². The molecular formula is C18H21ClN6O3. The second-order valence-corrected chi connectivity index (χ2v) is 7.52. The average molecular weight is 405 g/mol. The standard InChI is InChI=1S/C18H21ClN6O3/c1-24(20)17-12-7-23-25(18(12)22-8-21-17)13-6-11(15(27)16(13)28)14(26)9-2-4-10(19)5-3-9/h2-5,7-8,11,13-16,26-28H,6,20H2,1H3/t11-,13-,14?,15-,16+/m1/s1. The van der Waals surface area contributed by atoms with E-state index in [0.29, 0.717) is 33.9 Å². The fourth-order valence-electron chi connectivity index (χ4n) is 3.88. The zero-order valence-corrected chi connectivity index (χ0v) is 15.8. The van der Waals surface area contributed by atoms with Crippen LogP contribution >= 0.6 is 11.6 Å². The summed E-state index contributed by atoms with van der Waals surface area (Å²) in [5, 5.41) is 38.9. The second kappa shape index (κ2) is 7.26. The number of fused-ring (bicyclic) bond motifs is 1. The number of halogens is 1. The first-order valence-electron chi connectivity index (χ1n) is 8.84. The molecule has 0 spiro atoms. The lowest BCUT2D eigenvalue weighted by molar-refractivity contribution is -0.0271. The molecule has 5 atom stereocenters. The van der Waals surface area contributed by atoms with Crippen LogP contribution in [0.25, 0.3) is 11.0 Å². The van der Waals surface area contributed by atoms with Crippen molar-refractivity contribution < 1.29 is 15.3 Å². The Kier molecular flexibility index (Phi) is 4.94. The summed E-state index contributed by atoms with van der Waals surface area (Å²) in [4.78, 5) is 8.41. The number of nitrogens with zero attached hydrogens (tertiary/aromatic N) is 5. The molecular weight excluding hydrogens is 384 g/mol. The maximum atomic E-state index is 10.8. The summed E-state index contributed by atoms with van der Waals surface area (Å²) < 4.78 is 1.56. The van der Waals surface area contributed by atoms with Crippen LogP contribution < -0.4 is 10.9 Å². The Balaban J connectivity index is 1.66. The second-order valence-electron chi connectivity index (χ2n) is 7.08. The fraction of sp³-hybridized carbons (Fsp3) is 0.389. The predicted molar refractivity (Wildman–Crippen MR) is 103 cm³/mol. The van der Waals surface area contributed by atoms with Crippen molar-refractivity contribution in [1.29, 1.82) is 0 Å². The van der Waals surface area contributed by atoms with E-state index in [1.165, 1.54) is 11.3 Å². The number of hydrazine groups is 1. The minimum atomic E-state index is -1.12. The highest BCUT2D eigenvalue weighted by Gasteiger charge is 2.46. The molecule has 0 saturated heterocycles. The molecule has 9 nitrogen and oxygen atoms in total. The van der Waals surface area contributed by atoms with Gasteiger partial charge in [0.2, 0.25) is 0 Å². The molecule has 2 aromatic heterocycles. The molecule has 0 aliphatic heterocycles. The van der Waals surface area contributed by atoms with E-state index >= 15 is 0 Å². The quantitative estimate of drug-likeness (QED) is 0.370. The van der Waals surface area contributed by atoms with E-state index < -0.39 is 30.3 Å². The molecule has 2 heterocycles. The average Bonchev–Trinajstić information content (AvgIpc) is 3.23. The number of aliphatic hydroxyl groups is 3. The molecule has 1 unspecified atom stereocenters. The van der Waals surface area contributed by atoms with E-state index in [0.717, 1.165) is 0 Å². The Hall–Kier alpha value is -2.30. The van der Waals surface area contributed by atoms with Crippen molar-refractivity contribution in [1.82, 2.24) is 19.7 Å². The van der Waals surface area contributed by atoms with Crippen LogP contribution in [-0.2, 0) is 0 Å². The molecule has 28 heavy (non-hydrogen) atoms. The topological polar surface area (TPSA) is 134 Å². The van der Waals surface area contributed by atoms with Crippen molar-refractivity contribution in [3.05, 3.63) is 47.4 Å². The predicted octanol–water partition coefficient (Wildman–Crippen LogP) is 0.806. The summed E-state index contributed by atoms with van der Waals surface area (Å²) in [6, 6.07) is 6.22. The van der Waals surface area contributed by atoms with Gasteiger partial charge in [-0.3, -0.25) is 5.01 Å². The van der Waals surface area contributed by atoms with Gasteiger partial charge in [0.05, 0.1) is 29.8 Å². The molecule has 1 saturated carbocycles. The van der Waals surface area contributed by atoms with Crippen LogP contribution in [0.5, 0.6) is 0 Å². The molecule has 5 N–H and O–H groups in total. The number of aliphatic hydroxyl groups excluding tert-OH is 3. The molecule has 1 aromatic carbocycles. The molecule has 1 fully saturated rings. The number of nitrogens with two attached hydrogens (primary N) is 1. The van der Waals surface area contributed by atoms with E-state index in [4.69, 9.17) is 17.4 Å². The number of hydrogen-bond donors (Lipinski definition) is 4. The molecule has 0 amide bonds. The van der Waals surface area contributed by atoms with Crippen molar-refractivity contribution in [2.45, 2.75) is 30.8 Å². The van der Waals surface area contributed by atoms with Crippen LogP contribution in [0, 0.1) is 5.92 Å². The van der Waals surface area contributed by atoms with E-state index in [1.807, 2.05) is 0 Å². The highest BCUT2D eigenvalue weighted by atomic mass is 35.5. The number of rotatable bonds is 4. The minimum absolute atomic E-state index is 0.320. The van der Waals surface area contributed by atoms with E-state index in [1.54, 1.807) is 42.2 Å². The van der Waals surface area contributed by atoms with Gasteiger partial charge in [0.25, 0.3) is 0 Å².